The summed E-state index contributed by atoms with van der Waals surface area (Å²) in [5.41, 5.74) is 1.94. The van der Waals surface area contributed by atoms with Gasteiger partial charge >= 0.3 is 0 Å². The summed E-state index contributed by atoms with van der Waals surface area (Å²) >= 11 is 6.30. The van der Waals surface area contributed by atoms with Crippen molar-refractivity contribution in [2.75, 3.05) is 0 Å². The third-order valence-corrected chi connectivity index (χ3v) is 3.41. The minimum atomic E-state index is 0.308. The Balaban J connectivity index is 2.72. The molecule has 0 spiro atoms. The van der Waals surface area contributed by atoms with E-state index >= 15 is 0 Å². The second kappa shape index (κ2) is 6.93. The van der Waals surface area contributed by atoms with E-state index in [1.165, 1.54) is 0 Å². The van der Waals surface area contributed by atoms with Crippen LogP contribution in [-0.4, -0.2) is 15.6 Å². The summed E-state index contributed by atoms with van der Waals surface area (Å²) in [6, 6.07) is 0. The fraction of sp³-hybridized carbons (Fsp3) is 0.714. The van der Waals surface area contributed by atoms with Crippen LogP contribution >= 0.6 is 11.6 Å². The SMILES string of the molecule is CCc1nn(CC)c(CCC(=O)CC(C)C)c1Cl. The minimum absolute atomic E-state index is 0.308. The Morgan fingerprint density at radius 1 is 1.39 bits per heavy atom. The number of aryl methyl sites for hydroxylation is 2. The lowest BCUT2D eigenvalue weighted by atomic mass is 10.0. The molecule has 18 heavy (non-hydrogen) atoms. The van der Waals surface area contributed by atoms with Crippen molar-refractivity contribution >= 4 is 17.4 Å². The van der Waals surface area contributed by atoms with Crippen LogP contribution in [0.3, 0.4) is 0 Å². The molecule has 4 heteroatoms. The average molecular weight is 271 g/mol. The molecule has 0 saturated heterocycles. The molecule has 0 atom stereocenters. The van der Waals surface area contributed by atoms with Crippen LogP contribution in [0.4, 0.5) is 0 Å². The van der Waals surface area contributed by atoms with E-state index < -0.39 is 0 Å². The zero-order valence-electron chi connectivity index (χ0n) is 11.8. The third kappa shape index (κ3) is 3.84. The molecule has 0 aliphatic carbocycles. The summed E-state index contributed by atoms with van der Waals surface area (Å²) in [4.78, 5) is 11.7. The van der Waals surface area contributed by atoms with Crippen molar-refractivity contribution in [3.63, 3.8) is 0 Å². The van der Waals surface area contributed by atoms with Crippen molar-refractivity contribution in [2.45, 2.75) is 59.9 Å². The van der Waals surface area contributed by atoms with Crippen LogP contribution in [0.2, 0.25) is 5.02 Å². The van der Waals surface area contributed by atoms with E-state index in [4.69, 9.17) is 11.6 Å². The maximum absolute atomic E-state index is 11.7. The number of aromatic nitrogens is 2. The van der Waals surface area contributed by atoms with Crippen LogP contribution in [-0.2, 0) is 24.2 Å². The largest absolute Gasteiger partial charge is 0.300 e. The lowest BCUT2D eigenvalue weighted by Gasteiger charge is -2.06. The van der Waals surface area contributed by atoms with Gasteiger partial charge in [-0.3, -0.25) is 9.48 Å². The highest BCUT2D eigenvalue weighted by Crippen LogP contribution is 2.23. The van der Waals surface area contributed by atoms with Crippen molar-refractivity contribution in [3.8, 4) is 0 Å². The predicted molar refractivity (Wildman–Crippen MR) is 75.1 cm³/mol. The molecule has 0 aliphatic heterocycles. The number of ketones is 1. The molecule has 0 radical (unpaired) electrons. The molecule has 0 aliphatic rings. The number of halogens is 1. The molecule has 0 N–H and O–H groups in total. The highest BCUT2D eigenvalue weighted by Gasteiger charge is 2.15. The zero-order chi connectivity index (χ0) is 13.7. The Morgan fingerprint density at radius 3 is 2.56 bits per heavy atom. The van der Waals surface area contributed by atoms with Crippen molar-refractivity contribution in [1.82, 2.24) is 9.78 Å². The molecule has 1 aromatic rings. The van der Waals surface area contributed by atoms with Gasteiger partial charge in [-0.15, -0.1) is 0 Å². The van der Waals surface area contributed by atoms with Gasteiger partial charge in [0.1, 0.15) is 5.78 Å². The molecule has 0 saturated carbocycles. The summed E-state index contributed by atoms with van der Waals surface area (Å²) in [7, 11) is 0. The molecule has 1 heterocycles. The molecule has 0 bridgehead atoms. The van der Waals surface area contributed by atoms with Gasteiger partial charge in [-0.1, -0.05) is 32.4 Å². The van der Waals surface area contributed by atoms with E-state index in [-0.39, 0.29) is 0 Å². The second-order valence-corrected chi connectivity index (χ2v) is 5.39. The number of Topliss-reactive ketones (excluding diaryl/α,β-unsaturated/α-hetero) is 1. The first-order valence-corrected chi connectivity index (χ1v) is 7.13. The first-order chi connectivity index (χ1) is 8.49. The van der Waals surface area contributed by atoms with Gasteiger partial charge in [-0.2, -0.15) is 5.10 Å². The van der Waals surface area contributed by atoms with Gasteiger partial charge in [-0.05, 0) is 25.7 Å². The van der Waals surface area contributed by atoms with Gasteiger partial charge in [0.2, 0.25) is 0 Å². The lowest BCUT2D eigenvalue weighted by molar-refractivity contribution is -0.119. The normalized spacial score (nSPS) is 11.2. The average Bonchev–Trinajstić information content (AvgIpc) is 2.62. The first kappa shape index (κ1) is 15.2. The quantitative estimate of drug-likeness (QED) is 0.758. The summed E-state index contributed by atoms with van der Waals surface area (Å²) in [5, 5.41) is 5.21. The van der Waals surface area contributed by atoms with Gasteiger partial charge in [0.05, 0.1) is 16.4 Å². The third-order valence-electron chi connectivity index (χ3n) is 2.97. The van der Waals surface area contributed by atoms with Crippen molar-refractivity contribution in [2.24, 2.45) is 5.92 Å². The van der Waals surface area contributed by atoms with Gasteiger partial charge < -0.3 is 0 Å². The molecule has 0 fully saturated rings. The fourth-order valence-electron chi connectivity index (χ4n) is 2.07. The number of hydrogen-bond acceptors (Lipinski definition) is 2. The van der Waals surface area contributed by atoms with E-state index in [0.717, 1.165) is 29.4 Å². The van der Waals surface area contributed by atoms with Crippen molar-refractivity contribution < 1.29 is 4.79 Å². The van der Waals surface area contributed by atoms with Crippen LogP contribution in [0.25, 0.3) is 0 Å². The van der Waals surface area contributed by atoms with Crippen LogP contribution in [0.1, 0.15) is 51.9 Å². The Kier molecular flexibility index (Phi) is 5.86. The highest BCUT2D eigenvalue weighted by molar-refractivity contribution is 6.31. The topological polar surface area (TPSA) is 34.9 Å². The number of carbonyl (C=O) groups is 1. The molecular formula is C14H23ClN2O. The van der Waals surface area contributed by atoms with Gasteiger partial charge in [0.25, 0.3) is 0 Å². The number of nitrogens with zero attached hydrogens (tertiary/aromatic N) is 2. The Hall–Kier alpha value is -0.830. The summed E-state index contributed by atoms with van der Waals surface area (Å²) in [5.74, 6) is 0.734. The number of rotatable bonds is 7. The molecule has 1 rings (SSSR count). The zero-order valence-corrected chi connectivity index (χ0v) is 12.5. The molecule has 0 unspecified atom stereocenters. The fourth-order valence-corrected chi connectivity index (χ4v) is 2.43. The predicted octanol–water partition coefficient (Wildman–Crippen LogP) is 3.67. The van der Waals surface area contributed by atoms with Gasteiger partial charge in [0, 0.05) is 19.4 Å². The molecule has 1 aromatic heterocycles. The smallest absolute Gasteiger partial charge is 0.133 e. The Bertz CT molecular complexity index is 410. The Labute approximate surface area is 115 Å². The van der Waals surface area contributed by atoms with Gasteiger partial charge in [-0.25, -0.2) is 0 Å². The molecule has 0 aromatic carbocycles. The maximum Gasteiger partial charge on any atom is 0.133 e. The minimum Gasteiger partial charge on any atom is -0.300 e. The molecular weight excluding hydrogens is 248 g/mol. The molecule has 0 amide bonds. The van der Waals surface area contributed by atoms with Crippen LogP contribution in [0, 0.1) is 5.92 Å². The number of hydrogen-bond donors (Lipinski definition) is 0. The standard InChI is InChI=1S/C14H23ClN2O/c1-5-12-14(15)13(17(6-2)16-12)8-7-11(18)9-10(3)4/h10H,5-9H2,1-4H3. The van der Waals surface area contributed by atoms with Crippen LogP contribution in [0.15, 0.2) is 0 Å². The maximum atomic E-state index is 11.7. The van der Waals surface area contributed by atoms with E-state index in [1.54, 1.807) is 0 Å². The molecule has 3 nitrogen and oxygen atoms in total. The van der Waals surface area contributed by atoms with Crippen LogP contribution < -0.4 is 0 Å². The Morgan fingerprint density at radius 2 is 2.06 bits per heavy atom. The summed E-state index contributed by atoms with van der Waals surface area (Å²) in [6.45, 7) is 9.02. The van der Waals surface area contributed by atoms with Crippen molar-refractivity contribution in [3.05, 3.63) is 16.4 Å². The summed E-state index contributed by atoms with van der Waals surface area (Å²) < 4.78 is 1.92. The second-order valence-electron chi connectivity index (χ2n) is 5.01. The number of carbonyl (C=O) groups excluding carboxylic acids is 1. The van der Waals surface area contributed by atoms with E-state index in [9.17, 15) is 4.79 Å². The highest BCUT2D eigenvalue weighted by atomic mass is 35.5. The molecule has 102 valence electrons. The van der Waals surface area contributed by atoms with E-state index in [0.29, 0.717) is 31.0 Å². The lowest BCUT2D eigenvalue weighted by Crippen LogP contribution is -2.08. The first-order valence-electron chi connectivity index (χ1n) is 6.75. The monoisotopic (exact) mass is 270 g/mol. The van der Waals surface area contributed by atoms with Crippen LogP contribution in [0.5, 0.6) is 0 Å². The van der Waals surface area contributed by atoms with E-state index in [1.807, 2.05) is 18.5 Å². The van der Waals surface area contributed by atoms with Crippen molar-refractivity contribution in [1.29, 1.82) is 0 Å². The van der Waals surface area contributed by atoms with E-state index in [2.05, 4.69) is 18.9 Å². The summed E-state index contributed by atoms with van der Waals surface area (Å²) in [6.07, 6.45) is 2.75. The van der Waals surface area contributed by atoms with Gasteiger partial charge in [0.15, 0.2) is 0 Å².